The normalized spacial score (nSPS) is 31.7. The van der Waals surface area contributed by atoms with Crippen LogP contribution < -0.4 is 0 Å². The minimum absolute atomic E-state index is 0.131. The predicted molar refractivity (Wildman–Crippen MR) is 28.2 cm³/mol. The molecule has 0 radical (unpaired) electrons. The molecule has 0 aromatic rings. The van der Waals surface area contributed by atoms with Crippen molar-refractivity contribution in [2.45, 2.75) is 11.8 Å². The van der Waals surface area contributed by atoms with Crippen molar-refractivity contribution in [3.63, 3.8) is 0 Å². The zero-order chi connectivity index (χ0) is 4.57. The Hall–Kier alpha value is 0.320. The Labute approximate surface area is 46.7 Å². The van der Waals surface area contributed by atoms with Crippen LogP contribution in [0.5, 0.6) is 0 Å². The fraction of sp³-hybridized carbons (Fsp3) is 0.500. The van der Waals surface area contributed by atoms with Gasteiger partial charge in [-0.25, -0.2) is 0 Å². The molecule has 1 atom stereocenters. The van der Waals surface area contributed by atoms with Crippen LogP contribution in [0.2, 0.25) is 0 Å². The highest BCUT2D eigenvalue weighted by atomic mass is 35.5. The molecule has 0 fully saturated rings. The lowest BCUT2D eigenvalue weighted by Gasteiger charge is -2.12. The molecule has 0 saturated heterocycles. The summed E-state index contributed by atoms with van der Waals surface area (Å²) in [6.07, 6.45) is 2.86. The predicted octanol–water partition coefficient (Wildman–Crippen LogP) is 2.12. The van der Waals surface area contributed by atoms with Crippen molar-refractivity contribution in [3.8, 4) is 0 Å². The first-order valence-electron chi connectivity index (χ1n) is 1.80. The van der Waals surface area contributed by atoms with Gasteiger partial charge in [-0.15, -0.1) is 11.6 Å². The summed E-state index contributed by atoms with van der Waals surface area (Å²) >= 11 is 10.9. The fourth-order valence-corrected chi connectivity index (χ4v) is 0.652. The maximum absolute atomic E-state index is 5.50. The van der Waals surface area contributed by atoms with Gasteiger partial charge in [0.1, 0.15) is 0 Å². The van der Waals surface area contributed by atoms with E-state index in [1.54, 1.807) is 0 Å². The van der Waals surface area contributed by atoms with E-state index in [-0.39, 0.29) is 5.38 Å². The summed E-state index contributed by atoms with van der Waals surface area (Å²) in [6.45, 7) is 0. The molecule has 1 aliphatic carbocycles. The molecule has 0 bridgehead atoms. The SMILES string of the molecule is ClC1=CCC1Cl. The van der Waals surface area contributed by atoms with E-state index in [2.05, 4.69) is 0 Å². The van der Waals surface area contributed by atoms with Gasteiger partial charge >= 0.3 is 0 Å². The quantitative estimate of drug-likeness (QED) is 0.432. The second-order valence-corrected chi connectivity index (χ2v) is 2.26. The van der Waals surface area contributed by atoms with Gasteiger partial charge in [0.25, 0.3) is 0 Å². The molecule has 0 spiro atoms. The van der Waals surface area contributed by atoms with Gasteiger partial charge in [-0.1, -0.05) is 17.7 Å². The third kappa shape index (κ3) is 0.548. The van der Waals surface area contributed by atoms with Crippen molar-refractivity contribution < 1.29 is 0 Å². The van der Waals surface area contributed by atoms with Gasteiger partial charge in [0.2, 0.25) is 0 Å². The summed E-state index contributed by atoms with van der Waals surface area (Å²) in [6, 6.07) is 0. The van der Waals surface area contributed by atoms with Crippen molar-refractivity contribution in [1.29, 1.82) is 0 Å². The Bertz CT molecular complexity index is 85.5. The Balaban J connectivity index is 2.51. The van der Waals surface area contributed by atoms with E-state index in [0.29, 0.717) is 0 Å². The van der Waals surface area contributed by atoms with Gasteiger partial charge in [-0.3, -0.25) is 0 Å². The molecular weight excluding hydrogens is 119 g/mol. The number of hydrogen-bond donors (Lipinski definition) is 0. The standard InChI is InChI=1S/C4H4Cl2/c5-3-1-2-4(3)6/h1,4H,2H2. The minimum Gasteiger partial charge on any atom is -0.117 e. The summed E-state index contributed by atoms with van der Waals surface area (Å²) in [5, 5.41) is 0.934. The first-order valence-corrected chi connectivity index (χ1v) is 2.62. The first-order chi connectivity index (χ1) is 2.80. The molecule has 2 heteroatoms. The number of alkyl halides is 1. The summed E-state index contributed by atoms with van der Waals surface area (Å²) in [4.78, 5) is 0. The molecule has 0 amide bonds. The second kappa shape index (κ2) is 1.43. The Morgan fingerprint density at radius 1 is 1.83 bits per heavy atom. The van der Waals surface area contributed by atoms with E-state index < -0.39 is 0 Å². The van der Waals surface area contributed by atoms with Gasteiger partial charge in [0.05, 0.1) is 5.38 Å². The molecule has 0 aliphatic heterocycles. The summed E-state index contributed by atoms with van der Waals surface area (Å²) < 4.78 is 0. The van der Waals surface area contributed by atoms with E-state index in [1.165, 1.54) is 0 Å². The molecule has 0 heterocycles. The van der Waals surface area contributed by atoms with Crippen molar-refractivity contribution in [3.05, 3.63) is 11.1 Å². The molecule has 34 valence electrons. The largest absolute Gasteiger partial charge is 0.117 e. The lowest BCUT2D eigenvalue weighted by Crippen LogP contribution is -2.05. The van der Waals surface area contributed by atoms with Crippen LogP contribution in [0, 0.1) is 0 Å². The molecule has 1 aliphatic rings. The van der Waals surface area contributed by atoms with Crippen molar-refractivity contribution in [1.82, 2.24) is 0 Å². The van der Waals surface area contributed by atoms with Crippen LogP contribution in [0.15, 0.2) is 11.1 Å². The van der Waals surface area contributed by atoms with Crippen LogP contribution in [0.25, 0.3) is 0 Å². The second-order valence-electron chi connectivity index (χ2n) is 1.29. The summed E-state index contributed by atoms with van der Waals surface area (Å²) in [5.41, 5.74) is 0. The minimum atomic E-state index is 0.131. The maximum Gasteiger partial charge on any atom is 0.0723 e. The highest BCUT2D eigenvalue weighted by molar-refractivity contribution is 6.38. The Morgan fingerprint density at radius 3 is 2.33 bits per heavy atom. The molecule has 0 N–H and O–H groups in total. The van der Waals surface area contributed by atoms with Crippen molar-refractivity contribution in [2.75, 3.05) is 0 Å². The summed E-state index contributed by atoms with van der Waals surface area (Å²) in [5.74, 6) is 0. The lowest BCUT2D eigenvalue weighted by molar-refractivity contribution is 0.946. The molecule has 1 rings (SSSR count). The van der Waals surface area contributed by atoms with E-state index >= 15 is 0 Å². The van der Waals surface area contributed by atoms with Crippen LogP contribution in [0.4, 0.5) is 0 Å². The molecule has 6 heavy (non-hydrogen) atoms. The number of halogens is 2. The van der Waals surface area contributed by atoms with Crippen LogP contribution in [-0.2, 0) is 0 Å². The zero-order valence-corrected chi connectivity index (χ0v) is 4.63. The number of hydrogen-bond acceptors (Lipinski definition) is 0. The summed E-state index contributed by atoms with van der Waals surface area (Å²) in [7, 11) is 0. The Morgan fingerprint density at radius 2 is 2.33 bits per heavy atom. The molecule has 1 unspecified atom stereocenters. The topological polar surface area (TPSA) is 0 Å². The smallest absolute Gasteiger partial charge is 0.0723 e. The average Bonchev–Trinajstić information content (AvgIpc) is 1.61. The first kappa shape index (κ1) is 4.48. The van der Waals surface area contributed by atoms with Gasteiger partial charge < -0.3 is 0 Å². The average molecular weight is 123 g/mol. The van der Waals surface area contributed by atoms with Crippen LogP contribution >= 0.6 is 23.2 Å². The van der Waals surface area contributed by atoms with E-state index in [0.717, 1.165) is 11.5 Å². The molecule has 0 nitrogen and oxygen atoms in total. The monoisotopic (exact) mass is 122 g/mol. The maximum atomic E-state index is 5.50. The molecule has 0 aromatic carbocycles. The molecular formula is C4H4Cl2. The van der Waals surface area contributed by atoms with E-state index in [4.69, 9.17) is 23.2 Å². The highest BCUT2D eigenvalue weighted by Crippen LogP contribution is 2.27. The molecule has 0 saturated carbocycles. The van der Waals surface area contributed by atoms with Gasteiger partial charge in [-0.2, -0.15) is 0 Å². The lowest BCUT2D eigenvalue weighted by atomic mass is 10.1. The van der Waals surface area contributed by atoms with E-state index in [1.807, 2.05) is 6.08 Å². The fourth-order valence-electron chi connectivity index (χ4n) is 0.296. The van der Waals surface area contributed by atoms with Crippen LogP contribution in [0.1, 0.15) is 6.42 Å². The van der Waals surface area contributed by atoms with Crippen molar-refractivity contribution in [2.24, 2.45) is 0 Å². The Kier molecular flexibility index (Phi) is 1.07. The third-order valence-electron chi connectivity index (χ3n) is 0.819. The highest BCUT2D eigenvalue weighted by Gasteiger charge is 2.14. The van der Waals surface area contributed by atoms with E-state index in [9.17, 15) is 0 Å². The number of allylic oxidation sites excluding steroid dienone is 2. The van der Waals surface area contributed by atoms with Gasteiger partial charge in [0.15, 0.2) is 0 Å². The van der Waals surface area contributed by atoms with Gasteiger partial charge in [-0.05, 0) is 6.42 Å². The number of rotatable bonds is 0. The zero-order valence-electron chi connectivity index (χ0n) is 3.12. The molecule has 0 aromatic heterocycles. The van der Waals surface area contributed by atoms with Crippen LogP contribution in [-0.4, -0.2) is 5.38 Å². The van der Waals surface area contributed by atoms with Crippen LogP contribution in [0.3, 0.4) is 0 Å². The van der Waals surface area contributed by atoms with Gasteiger partial charge in [0, 0.05) is 5.03 Å². The third-order valence-corrected chi connectivity index (χ3v) is 1.76. The van der Waals surface area contributed by atoms with Crippen molar-refractivity contribution >= 4 is 23.2 Å².